The van der Waals surface area contributed by atoms with E-state index in [1.165, 1.54) is 11.3 Å². The quantitative estimate of drug-likeness (QED) is 0.482. The molecule has 0 aliphatic carbocycles. The van der Waals surface area contributed by atoms with Crippen LogP contribution in [0.5, 0.6) is 0 Å². The first-order valence-corrected chi connectivity index (χ1v) is 10.4. The van der Waals surface area contributed by atoms with Crippen LogP contribution in [0, 0.1) is 6.92 Å². The largest absolute Gasteiger partial charge is 0.358 e. The van der Waals surface area contributed by atoms with Gasteiger partial charge in [-0.2, -0.15) is 10.1 Å². The van der Waals surface area contributed by atoms with E-state index in [9.17, 15) is 0 Å². The molecule has 0 radical (unpaired) electrons. The van der Waals surface area contributed by atoms with Gasteiger partial charge in [0.25, 0.3) is 0 Å². The normalized spacial score (nSPS) is 16.5. The van der Waals surface area contributed by atoms with Crippen molar-refractivity contribution in [2.24, 2.45) is 0 Å². The molecule has 2 N–H and O–H groups in total. The predicted octanol–water partition coefficient (Wildman–Crippen LogP) is 4.36. The number of aromatic amines is 1. The van der Waals surface area contributed by atoms with Gasteiger partial charge >= 0.3 is 0 Å². The van der Waals surface area contributed by atoms with Gasteiger partial charge in [0.2, 0.25) is 5.95 Å². The first-order chi connectivity index (χ1) is 14.2. The van der Waals surface area contributed by atoms with E-state index in [1.54, 1.807) is 12.4 Å². The first kappa shape index (κ1) is 18.1. The Hall–Kier alpha value is -2.98. The van der Waals surface area contributed by atoms with Gasteiger partial charge in [-0.05, 0) is 19.8 Å². The van der Waals surface area contributed by atoms with Crippen LogP contribution >= 0.6 is 22.9 Å². The molecule has 0 saturated carbocycles. The number of aromatic nitrogens is 6. The Morgan fingerprint density at radius 3 is 3.07 bits per heavy atom. The molecule has 29 heavy (non-hydrogen) atoms. The summed E-state index contributed by atoms with van der Waals surface area (Å²) in [7, 11) is 0. The number of hydrogen-bond donors (Lipinski definition) is 2. The van der Waals surface area contributed by atoms with Gasteiger partial charge < -0.3 is 14.7 Å². The van der Waals surface area contributed by atoms with Crippen molar-refractivity contribution in [3.05, 3.63) is 46.4 Å². The number of H-pyrrole nitrogens is 1. The molecule has 5 rings (SSSR count). The minimum atomic E-state index is 0.0119. The lowest BCUT2D eigenvalue weighted by atomic mass is 10.1. The molecular weight excluding hydrogens is 412 g/mol. The Kier molecular flexibility index (Phi) is 4.64. The van der Waals surface area contributed by atoms with Crippen LogP contribution in [0.3, 0.4) is 0 Å². The van der Waals surface area contributed by atoms with Crippen LogP contribution in [-0.4, -0.2) is 36.9 Å². The molecule has 4 aromatic heterocycles. The number of anilines is 3. The second-order valence-corrected chi connectivity index (χ2v) is 8.03. The molecule has 9 nitrogen and oxygen atoms in total. The van der Waals surface area contributed by atoms with Gasteiger partial charge in [-0.3, -0.25) is 5.10 Å². The zero-order chi connectivity index (χ0) is 19.8. The van der Waals surface area contributed by atoms with E-state index in [0.717, 1.165) is 41.5 Å². The van der Waals surface area contributed by atoms with Crippen LogP contribution in [0.15, 0.2) is 34.4 Å². The molecular formula is C18H17ClN8OS. The van der Waals surface area contributed by atoms with E-state index in [-0.39, 0.29) is 6.04 Å². The van der Waals surface area contributed by atoms with Crippen molar-refractivity contribution in [2.75, 3.05) is 16.8 Å². The number of aryl methyl sites for hydroxylation is 1. The third-order valence-electron chi connectivity index (χ3n) is 4.70. The number of halogens is 1. The lowest BCUT2D eigenvalue weighted by Crippen LogP contribution is -2.24. The van der Waals surface area contributed by atoms with Gasteiger partial charge in [0.05, 0.1) is 12.2 Å². The minimum Gasteiger partial charge on any atom is -0.358 e. The third-order valence-corrected chi connectivity index (χ3v) is 5.77. The summed E-state index contributed by atoms with van der Waals surface area (Å²) in [6.45, 7) is 2.75. The van der Waals surface area contributed by atoms with Crippen molar-refractivity contribution in [3.8, 4) is 10.7 Å². The van der Waals surface area contributed by atoms with Crippen LogP contribution in [0.4, 0.5) is 17.6 Å². The Balaban J connectivity index is 1.42. The summed E-state index contributed by atoms with van der Waals surface area (Å²) in [4.78, 5) is 15.5. The Bertz CT molecular complexity index is 1120. The molecule has 11 heteroatoms. The van der Waals surface area contributed by atoms with Gasteiger partial charge in [0, 0.05) is 35.9 Å². The molecule has 1 fully saturated rings. The second-order valence-electron chi connectivity index (χ2n) is 6.73. The molecule has 0 amide bonds. The number of rotatable bonds is 5. The maximum Gasteiger partial charge on any atom is 0.228 e. The summed E-state index contributed by atoms with van der Waals surface area (Å²) >= 11 is 7.83. The monoisotopic (exact) mass is 428 g/mol. The zero-order valence-electron chi connectivity index (χ0n) is 15.5. The maximum atomic E-state index is 6.30. The highest BCUT2D eigenvalue weighted by Gasteiger charge is 2.32. The molecule has 4 aromatic rings. The number of hydrogen-bond acceptors (Lipinski definition) is 9. The fourth-order valence-electron chi connectivity index (χ4n) is 3.39. The SMILES string of the molecule is Cc1cc(Nc2nc(N3CCCC3c3cc(-c4nccs4)no3)ncc2Cl)n[nH]1. The van der Waals surface area contributed by atoms with Crippen molar-refractivity contribution >= 4 is 40.5 Å². The summed E-state index contributed by atoms with van der Waals surface area (Å²) in [5.74, 6) is 2.52. The first-order valence-electron chi connectivity index (χ1n) is 9.12. The van der Waals surface area contributed by atoms with E-state index >= 15 is 0 Å². The van der Waals surface area contributed by atoms with E-state index in [1.807, 2.05) is 24.4 Å². The highest BCUT2D eigenvalue weighted by Crippen LogP contribution is 2.37. The minimum absolute atomic E-state index is 0.0119. The molecule has 0 bridgehead atoms. The molecule has 0 spiro atoms. The molecule has 148 valence electrons. The Morgan fingerprint density at radius 1 is 1.34 bits per heavy atom. The molecule has 5 heterocycles. The molecule has 1 unspecified atom stereocenters. The van der Waals surface area contributed by atoms with Crippen LogP contribution in [0.1, 0.15) is 30.3 Å². The maximum absolute atomic E-state index is 6.30. The summed E-state index contributed by atoms with van der Waals surface area (Å²) in [5.41, 5.74) is 1.69. The predicted molar refractivity (Wildman–Crippen MR) is 111 cm³/mol. The topological polar surface area (TPSA) is 109 Å². The van der Waals surface area contributed by atoms with Gasteiger partial charge in [-0.15, -0.1) is 11.3 Å². The molecule has 0 aromatic carbocycles. The third kappa shape index (κ3) is 3.56. The lowest BCUT2D eigenvalue weighted by molar-refractivity contribution is 0.362. The average Bonchev–Trinajstić information content (AvgIpc) is 3.50. The summed E-state index contributed by atoms with van der Waals surface area (Å²) < 4.78 is 5.64. The molecule has 1 aliphatic rings. The van der Waals surface area contributed by atoms with Gasteiger partial charge in [0.15, 0.2) is 17.4 Å². The van der Waals surface area contributed by atoms with Crippen molar-refractivity contribution in [1.82, 2.24) is 30.3 Å². The molecule has 1 aliphatic heterocycles. The Labute approximate surface area is 175 Å². The van der Waals surface area contributed by atoms with E-state index < -0.39 is 0 Å². The van der Waals surface area contributed by atoms with Crippen molar-refractivity contribution in [2.45, 2.75) is 25.8 Å². The van der Waals surface area contributed by atoms with Gasteiger partial charge in [0.1, 0.15) is 15.7 Å². The van der Waals surface area contributed by atoms with Crippen molar-refractivity contribution in [3.63, 3.8) is 0 Å². The number of thiazole rings is 1. The van der Waals surface area contributed by atoms with E-state index in [2.05, 4.69) is 40.5 Å². The van der Waals surface area contributed by atoms with Crippen LogP contribution in [0.2, 0.25) is 5.02 Å². The fraction of sp³-hybridized carbons (Fsp3) is 0.278. The lowest BCUT2D eigenvalue weighted by Gasteiger charge is -2.23. The van der Waals surface area contributed by atoms with Gasteiger partial charge in [-0.25, -0.2) is 9.97 Å². The van der Waals surface area contributed by atoms with E-state index in [0.29, 0.717) is 22.6 Å². The van der Waals surface area contributed by atoms with Crippen LogP contribution < -0.4 is 10.2 Å². The average molecular weight is 429 g/mol. The fourth-order valence-corrected chi connectivity index (χ4v) is 4.11. The summed E-state index contributed by atoms with van der Waals surface area (Å²) in [6, 6.07) is 3.84. The zero-order valence-corrected chi connectivity index (χ0v) is 17.0. The molecule has 1 atom stereocenters. The van der Waals surface area contributed by atoms with E-state index in [4.69, 9.17) is 16.1 Å². The van der Waals surface area contributed by atoms with Crippen LogP contribution in [-0.2, 0) is 0 Å². The molecule has 1 saturated heterocycles. The summed E-state index contributed by atoms with van der Waals surface area (Å²) in [5, 5.41) is 17.6. The Morgan fingerprint density at radius 2 is 2.28 bits per heavy atom. The van der Waals surface area contributed by atoms with Gasteiger partial charge in [-0.1, -0.05) is 16.8 Å². The smallest absolute Gasteiger partial charge is 0.228 e. The second kappa shape index (κ2) is 7.45. The number of nitrogens with zero attached hydrogens (tertiary/aromatic N) is 6. The number of nitrogens with one attached hydrogen (secondary N) is 2. The highest BCUT2D eigenvalue weighted by atomic mass is 35.5. The standard InChI is InChI=1S/C18H17ClN8OS/c1-10-7-15(25-24-10)22-16-11(19)9-21-18(23-16)27-5-2-3-13(27)14-8-12(26-28-14)17-20-4-6-29-17/h4,6-9,13H,2-3,5H2,1H3,(H2,21,22,23,24,25). The summed E-state index contributed by atoms with van der Waals surface area (Å²) in [6.07, 6.45) is 5.29. The van der Waals surface area contributed by atoms with Crippen LogP contribution in [0.25, 0.3) is 10.7 Å². The van der Waals surface area contributed by atoms with Crippen molar-refractivity contribution < 1.29 is 4.52 Å². The van der Waals surface area contributed by atoms with Crippen molar-refractivity contribution in [1.29, 1.82) is 0 Å². The highest BCUT2D eigenvalue weighted by molar-refractivity contribution is 7.13.